The van der Waals surface area contributed by atoms with Gasteiger partial charge in [-0.15, -0.1) is 0 Å². The molecule has 5 nitrogen and oxygen atoms in total. The van der Waals surface area contributed by atoms with Crippen molar-refractivity contribution in [2.45, 2.75) is 46.0 Å². The summed E-state index contributed by atoms with van der Waals surface area (Å²) in [6, 6.07) is 15.8. The first kappa shape index (κ1) is 24.6. The van der Waals surface area contributed by atoms with Crippen molar-refractivity contribution in [2.24, 2.45) is 0 Å². The van der Waals surface area contributed by atoms with E-state index in [-0.39, 0.29) is 0 Å². The first-order valence-corrected chi connectivity index (χ1v) is 11.3. The highest BCUT2D eigenvalue weighted by Crippen LogP contribution is 2.25. The number of likely N-dealkylation sites (N-methyl/N-ethyl adjacent to an activating group) is 1. The van der Waals surface area contributed by atoms with Crippen LogP contribution in [0.5, 0.6) is 0 Å². The maximum Gasteiger partial charge on any atom is 0.196 e. The van der Waals surface area contributed by atoms with Gasteiger partial charge in [-0.3, -0.25) is 0 Å². The second kappa shape index (κ2) is 13.6. The predicted molar refractivity (Wildman–Crippen MR) is 129 cm³/mol. The van der Waals surface area contributed by atoms with Crippen LogP contribution < -0.4 is 5.32 Å². The quantitative estimate of drug-likeness (QED) is 0.430. The van der Waals surface area contributed by atoms with Crippen LogP contribution in [0.15, 0.2) is 46.9 Å². The largest absolute Gasteiger partial charge is 0.441 e. The molecule has 5 heteroatoms. The van der Waals surface area contributed by atoms with E-state index in [2.05, 4.69) is 42.2 Å². The van der Waals surface area contributed by atoms with E-state index in [1.165, 1.54) is 25.7 Å². The Labute approximate surface area is 187 Å². The standard InChI is InChI=1S/C21H23N3O.C5H13N/c1-3-4-12-24(2)13-11-21-23-19-14-18(9-10-20(19)25-21)17-7-5-16(15-22)6-8-17;1-3-4-5-6-2/h5-10,14H,3-4,11-13H2,1-2H3;6H,3-5H2,1-2H3. The van der Waals surface area contributed by atoms with Gasteiger partial charge in [-0.05, 0) is 75.4 Å². The van der Waals surface area contributed by atoms with E-state index in [0.717, 1.165) is 54.2 Å². The third-order valence-corrected chi connectivity index (χ3v) is 5.16. The Balaban J connectivity index is 0.000000501. The molecule has 0 aliphatic rings. The molecule has 0 unspecified atom stereocenters. The van der Waals surface area contributed by atoms with Gasteiger partial charge in [0.1, 0.15) is 5.52 Å². The third kappa shape index (κ3) is 8.16. The minimum Gasteiger partial charge on any atom is -0.441 e. The Kier molecular flexibility index (Phi) is 10.8. The molecule has 0 atom stereocenters. The normalized spacial score (nSPS) is 10.7. The van der Waals surface area contributed by atoms with Crippen LogP contribution >= 0.6 is 0 Å². The molecule has 0 saturated carbocycles. The number of hydrogen-bond acceptors (Lipinski definition) is 5. The third-order valence-electron chi connectivity index (χ3n) is 5.16. The van der Waals surface area contributed by atoms with Gasteiger partial charge in [0.05, 0.1) is 11.6 Å². The highest BCUT2D eigenvalue weighted by atomic mass is 16.3. The van der Waals surface area contributed by atoms with Crippen LogP contribution in [0, 0.1) is 11.3 Å². The lowest BCUT2D eigenvalue weighted by Crippen LogP contribution is -2.22. The summed E-state index contributed by atoms with van der Waals surface area (Å²) >= 11 is 0. The molecule has 0 bridgehead atoms. The number of oxazole rings is 1. The van der Waals surface area contributed by atoms with E-state index in [4.69, 9.17) is 9.68 Å². The lowest BCUT2D eigenvalue weighted by Gasteiger charge is -2.14. The summed E-state index contributed by atoms with van der Waals surface area (Å²) < 4.78 is 5.87. The molecule has 0 fully saturated rings. The van der Waals surface area contributed by atoms with Gasteiger partial charge < -0.3 is 14.6 Å². The second-order valence-corrected chi connectivity index (χ2v) is 7.84. The van der Waals surface area contributed by atoms with Crippen molar-refractivity contribution in [3.8, 4) is 17.2 Å². The van der Waals surface area contributed by atoms with Crippen molar-refractivity contribution in [3.05, 3.63) is 53.9 Å². The SMILES string of the molecule is CCCCN(C)CCc1nc2cc(-c3ccc(C#N)cc3)ccc2o1.CCCCNC. The van der Waals surface area contributed by atoms with Gasteiger partial charge in [0.15, 0.2) is 11.5 Å². The summed E-state index contributed by atoms with van der Waals surface area (Å²) in [4.78, 5) is 6.96. The van der Waals surface area contributed by atoms with Gasteiger partial charge in [0, 0.05) is 13.0 Å². The molecule has 31 heavy (non-hydrogen) atoms. The van der Waals surface area contributed by atoms with Crippen LogP contribution in [-0.4, -0.2) is 43.6 Å². The summed E-state index contributed by atoms with van der Waals surface area (Å²) in [6.45, 7) is 7.63. The van der Waals surface area contributed by atoms with E-state index in [0.29, 0.717) is 5.56 Å². The first-order valence-electron chi connectivity index (χ1n) is 11.3. The van der Waals surface area contributed by atoms with Gasteiger partial charge in [0.2, 0.25) is 0 Å². The molecular formula is C26H36N4O. The van der Waals surface area contributed by atoms with E-state index in [1.807, 2.05) is 49.5 Å². The summed E-state index contributed by atoms with van der Waals surface area (Å²) in [5.41, 5.74) is 4.53. The number of nitriles is 1. The van der Waals surface area contributed by atoms with E-state index in [9.17, 15) is 0 Å². The molecule has 0 radical (unpaired) electrons. The van der Waals surface area contributed by atoms with Crippen LogP contribution in [-0.2, 0) is 6.42 Å². The maximum absolute atomic E-state index is 8.90. The predicted octanol–water partition coefficient (Wildman–Crippen LogP) is 5.65. The second-order valence-electron chi connectivity index (χ2n) is 7.84. The van der Waals surface area contributed by atoms with E-state index in [1.54, 1.807) is 0 Å². The van der Waals surface area contributed by atoms with Crippen molar-refractivity contribution < 1.29 is 4.42 Å². The molecule has 0 aliphatic heterocycles. The molecule has 0 saturated heterocycles. The van der Waals surface area contributed by atoms with Crippen molar-refractivity contribution in [1.82, 2.24) is 15.2 Å². The molecule has 0 amide bonds. The molecule has 0 spiro atoms. The average Bonchev–Trinajstić information content (AvgIpc) is 3.22. The highest BCUT2D eigenvalue weighted by Gasteiger charge is 2.09. The molecule has 2 aromatic carbocycles. The fourth-order valence-electron chi connectivity index (χ4n) is 3.18. The lowest BCUT2D eigenvalue weighted by atomic mass is 10.0. The van der Waals surface area contributed by atoms with Crippen LogP contribution in [0.4, 0.5) is 0 Å². The molecule has 3 rings (SSSR count). The molecule has 166 valence electrons. The monoisotopic (exact) mass is 420 g/mol. The Morgan fingerprint density at radius 2 is 1.71 bits per heavy atom. The van der Waals surface area contributed by atoms with Gasteiger partial charge in [0.25, 0.3) is 0 Å². The maximum atomic E-state index is 8.90. The Bertz CT molecular complexity index is 936. The molecule has 3 aromatic rings. The fraction of sp³-hybridized carbons (Fsp3) is 0.462. The minimum absolute atomic E-state index is 0.667. The summed E-state index contributed by atoms with van der Waals surface area (Å²) in [5, 5.41) is 12.0. The number of rotatable bonds is 10. The van der Waals surface area contributed by atoms with Crippen molar-refractivity contribution in [2.75, 3.05) is 33.7 Å². The van der Waals surface area contributed by atoms with Gasteiger partial charge >= 0.3 is 0 Å². The van der Waals surface area contributed by atoms with Crippen molar-refractivity contribution in [3.63, 3.8) is 0 Å². The van der Waals surface area contributed by atoms with Crippen LogP contribution in [0.2, 0.25) is 0 Å². The zero-order valence-electron chi connectivity index (χ0n) is 19.4. The first-order chi connectivity index (χ1) is 15.1. The zero-order valence-corrected chi connectivity index (χ0v) is 19.4. The minimum atomic E-state index is 0.667. The topological polar surface area (TPSA) is 65.1 Å². The zero-order chi connectivity index (χ0) is 22.5. The lowest BCUT2D eigenvalue weighted by molar-refractivity contribution is 0.321. The summed E-state index contributed by atoms with van der Waals surface area (Å²) in [5.74, 6) is 0.787. The molecular weight excluding hydrogens is 384 g/mol. The van der Waals surface area contributed by atoms with Crippen molar-refractivity contribution in [1.29, 1.82) is 5.26 Å². The van der Waals surface area contributed by atoms with Crippen LogP contribution in [0.1, 0.15) is 51.0 Å². The number of fused-ring (bicyclic) bond motifs is 1. The number of unbranched alkanes of at least 4 members (excludes halogenated alkanes) is 2. The molecule has 1 heterocycles. The average molecular weight is 421 g/mol. The van der Waals surface area contributed by atoms with Gasteiger partial charge in [-0.1, -0.05) is 44.9 Å². The highest BCUT2D eigenvalue weighted by molar-refractivity contribution is 5.80. The molecule has 1 N–H and O–H groups in total. The molecule has 1 aromatic heterocycles. The number of nitrogens with one attached hydrogen (secondary N) is 1. The number of benzene rings is 2. The van der Waals surface area contributed by atoms with Crippen LogP contribution in [0.3, 0.4) is 0 Å². The number of aromatic nitrogens is 1. The van der Waals surface area contributed by atoms with Gasteiger partial charge in [-0.2, -0.15) is 5.26 Å². The fourth-order valence-corrected chi connectivity index (χ4v) is 3.18. The smallest absolute Gasteiger partial charge is 0.196 e. The van der Waals surface area contributed by atoms with E-state index < -0.39 is 0 Å². The van der Waals surface area contributed by atoms with Gasteiger partial charge in [-0.25, -0.2) is 4.98 Å². The number of hydrogen-bond donors (Lipinski definition) is 1. The van der Waals surface area contributed by atoms with Crippen molar-refractivity contribution >= 4 is 11.1 Å². The van der Waals surface area contributed by atoms with E-state index >= 15 is 0 Å². The number of nitrogens with zero attached hydrogens (tertiary/aromatic N) is 3. The molecule has 0 aliphatic carbocycles. The Hall–Kier alpha value is -2.68. The Morgan fingerprint density at radius 3 is 2.32 bits per heavy atom. The summed E-state index contributed by atoms with van der Waals surface area (Å²) in [6.07, 6.45) is 5.85. The Morgan fingerprint density at radius 1 is 1.00 bits per heavy atom. The summed E-state index contributed by atoms with van der Waals surface area (Å²) in [7, 11) is 4.12. The van der Waals surface area contributed by atoms with Crippen LogP contribution in [0.25, 0.3) is 22.2 Å².